The molecule has 1 saturated carbocycles. The van der Waals surface area contributed by atoms with Gasteiger partial charge in [-0.15, -0.1) is 0 Å². The van der Waals surface area contributed by atoms with Gasteiger partial charge in [-0.05, 0) is 43.5 Å². The molecule has 28 heavy (non-hydrogen) atoms. The van der Waals surface area contributed by atoms with E-state index in [1.54, 1.807) is 18.9 Å². The van der Waals surface area contributed by atoms with E-state index in [1.165, 1.54) is 12.1 Å². The zero-order chi connectivity index (χ0) is 18.8. The molecule has 2 aliphatic rings. The smallest absolute Gasteiger partial charge is 0.224 e. The zero-order valence-electron chi connectivity index (χ0n) is 15.9. The fourth-order valence-electron chi connectivity index (χ4n) is 3.76. The largest absolute Gasteiger partial charge is 0.474 e. The summed E-state index contributed by atoms with van der Waals surface area (Å²) in [5.74, 6) is 0.721. The number of nitrogens with zero attached hydrogens (tertiary/aromatic N) is 6. The van der Waals surface area contributed by atoms with Crippen LogP contribution in [0.15, 0.2) is 43.1 Å². The molecule has 3 aromatic rings. The monoisotopic (exact) mass is 376 g/mol. The van der Waals surface area contributed by atoms with E-state index in [4.69, 9.17) is 4.74 Å². The van der Waals surface area contributed by atoms with Crippen LogP contribution in [0.4, 0.5) is 5.69 Å². The van der Waals surface area contributed by atoms with Crippen LogP contribution in [0.1, 0.15) is 25.0 Å². The summed E-state index contributed by atoms with van der Waals surface area (Å²) in [6.07, 6.45) is 8.83. The van der Waals surface area contributed by atoms with Crippen molar-refractivity contribution in [2.75, 3.05) is 31.1 Å². The Labute approximate surface area is 164 Å². The number of anilines is 1. The molecule has 5 rings (SSSR count). The Morgan fingerprint density at radius 2 is 1.86 bits per heavy atom. The van der Waals surface area contributed by atoms with Crippen LogP contribution < -0.4 is 9.64 Å². The molecule has 7 heteroatoms. The lowest BCUT2D eigenvalue weighted by Crippen LogP contribution is -2.46. The number of hydrogen-bond acceptors (Lipinski definition) is 7. The zero-order valence-corrected chi connectivity index (χ0v) is 15.9. The molecule has 2 aromatic heterocycles. The Morgan fingerprint density at radius 3 is 2.61 bits per heavy atom. The molecule has 0 unspecified atom stereocenters. The molecule has 0 amide bonds. The van der Waals surface area contributed by atoms with Gasteiger partial charge < -0.3 is 9.64 Å². The molecule has 1 saturated heterocycles. The van der Waals surface area contributed by atoms with E-state index in [1.807, 2.05) is 6.07 Å². The summed E-state index contributed by atoms with van der Waals surface area (Å²) < 4.78 is 6.10. The quantitative estimate of drug-likeness (QED) is 0.678. The van der Waals surface area contributed by atoms with Gasteiger partial charge in [-0.2, -0.15) is 0 Å². The molecule has 1 aromatic carbocycles. The van der Waals surface area contributed by atoms with E-state index in [9.17, 15) is 0 Å². The SMILES string of the molecule is c1cc(CN2CCN(c3ccc4ncnc(OC5CCC5)c4c3)CC2)ncn1. The molecule has 0 N–H and O–H groups in total. The Kier molecular flexibility index (Phi) is 4.74. The third-order valence-electron chi connectivity index (χ3n) is 5.68. The second-order valence-electron chi connectivity index (χ2n) is 7.51. The molecule has 3 heterocycles. The van der Waals surface area contributed by atoms with Gasteiger partial charge in [0.15, 0.2) is 0 Å². The first kappa shape index (κ1) is 17.3. The summed E-state index contributed by atoms with van der Waals surface area (Å²) >= 11 is 0. The van der Waals surface area contributed by atoms with E-state index < -0.39 is 0 Å². The van der Waals surface area contributed by atoms with Gasteiger partial charge in [-0.3, -0.25) is 4.90 Å². The van der Waals surface area contributed by atoms with Gasteiger partial charge in [0.25, 0.3) is 0 Å². The number of hydrogen-bond donors (Lipinski definition) is 0. The molecule has 0 bridgehead atoms. The van der Waals surface area contributed by atoms with Crippen LogP contribution in [-0.4, -0.2) is 57.1 Å². The minimum Gasteiger partial charge on any atom is -0.474 e. The summed E-state index contributed by atoms with van der Waals surface area (Å²) in [5.41, 5.74) is 3.22. The molecule has 144 valence electrons. The Bertz CT molecular complexity index is 938. The molecule has 0 spiro atoms. The summed E-state index contributed by atoms with van der Waals surface area (Å²) in [7, 11) is 0. The number of fused-ring (bicyclic) bond motifs is 1. The van der Waals surface area contributed by atoms with E-state index >= 15 is 0 Å². The third-order valence-corrected chi connectivity index (χ3v) is 5.68. The van der Waals surface area contributed by atoms with E-state index in [2.05, 4.69) is 47.9 Å². The van der Waals surface area contributed by atoms with Crippen molar-refractivity contribution in [3.05, 3.63) is 48.8 Å². The van der Waals surface area contributed by atoms with Crippen molar-refractivity contribution in [1.29, 1.82) is 0 Å². The van der Waals surface area contributed by atoms with Crippen LogP contribution in [0.5, 0.6) is 5.88 Å². The van der Waals surface area contributed by atoms with Gasteiger partial charge in [-0.1, -0.05) is 0 Å². The predicted molar refractivity (Wildman–Crippen MR) is 107 cm³/mol. The summed E-state index contributed by atoms with van der Waals surface area (Å²) in [6.45, 7) is 4.88. The molecule has 1 aliphatic carbocycles. The van der Waals surface area contributed by atoms with Gasteiger partial charge in [0.2, 0.25) is 5.88 Å². The normalized spacial score (nSPS) is 18.2. The Balaban J connectivity index is 1.29. The highest BCUT2D eigenvalue weighted by Gasteiger charge is 2.22. The number of aromatic nitrogens is 4. The lowest BCUT2D eigenvalue weighted by molar-refractivity contribution is 0.116. The third kappa shape index (κ3) is 3.62. The van der Waals surface area contributed by atoms with Gasteiger partial charge in [0.05, 0.1) is 16.6 Å². The van der Waals surface area contributed by atoms with Crippen molar-refractivity contribution in [3.8, 4) is 5.88 Å². The predicted octanol–water partition coefficient (Wildman–Crippen LogP) is 2.67. The second-order valence-corrected chi connectivity index (χ2v) is 7.51. The van der Waals surface area contributed by atoms with Crippen LogP contribution in [0.25, 0.3) is 10.9 Å². The summed E-state index contributed by atoms with van der Waals surface area (Å²) in [6, 6.07) is 8.40. The first-order valence-electron chi connectivity index (χ1n) is 9.99. The van der Waals surface area contributed by atoms with E-state index in [-0.39, 0.29) is 0 Å². The van der Waals surface area contributed by atoms with Crippen molar-refractivity contribution in [2.45, 2.75) is 31.9 Å². The molecular formula is C21H24N6O. The molecule has 0 atom stereocenters. The van der Waals surface area contributed by atoms with Crippen molar-refractivity contribution >= 4 is 16.6 Å². The van der Waals surface area contributed by atoms with Crippen molar-refractivity contribution in [2.24, 2.45) is 0 Å². The molecule has 7 nitrogen and oxygen atoms in total. The lowest BCUT2D eigenvalue weighted by atomic mass is 9.96. The first-order valence-corrected chi connectivity index (χ1v) is 9.99. The van der Waals surface area contributed by atoms with Crippen LogP contribution in [0, 0.1) is 0 Å². The van der Waals surface area contributed by atoms with Crippen LogP contribution in [-0.2, 0) is 6.54 Å². The number of benzene rings is 1. The second kappa shape index (κ2) is 7.67. The average Bonchev–Trinajstić information content (AvgIpc) is 2.72. The van der Waals surface area contributed by atoms with Crippen LogP contribution in [0.2, 0.25) is 0 Å². The summed E-state index contributed by atoms with van der Waals surface area (Å²) in [5, 5.41) is 1.01. The molecule has 2 fully saturated rings. The Hall–Kier alpha value is -2.80. The highest BCUT2D eigenvalue weighted by molar-refractivity contribution is 5.86. The first-order chi connectivity index (χ1) is 13.8. The molecule has 0 radical (unpaired) electrons. The molecular weight excluding hydrogens is 352 g/mol. The molecule has 1 aliphatic heterocycles. The fraction of sp³-hybridized carbons (Fsp3) is 0.429. The van der Waals surface area contributed by atoms with Gasteiger partial charge in [-0.25, -0.2) is 19.9 Å². The average molecular weight is 376 g/mol. The van der Waals surface area contributed by atoms with Crippen molar-refractivity contribution in [3.63, 3.8) is 0 Å². The van der Waals surface area contributed by atoms with Gasteiger partial charge in [0, 0.05) is 44.6 Å². The van der Waals surface area contributed by atoms with Gasteiger partial charge >= 0.3 is 0 Å². The highest BCUT2D eigenvalue weighted by Crippen LogP contribution is 2.31. The van der Waals surface area contributed by atoms with Gasteiger partial charge in [0.1, 0.15) is 18.8 Å². The fourth-order valence-corrected chi connectivity index (χ4v) is 3.76. The summed E-state index contributed by atoms with van der Waals surface area (Å²) in [4.78, 5) is 22.0. The van der Waals surface area contributed by atoms with E-state index in [0.29, 0.717) is 6.10 Å². The van der Waals surface area contributed by atoms with E-state index in [0.717, 1.165) is 68.0 Å². The Morgan fingerprint density at radius 1 is 0.964 bits per heavy atom. The standard InChI is InChI=1S/C21H24N6O/c1-2-18(3-1)28-21-19-12-17(4-5-20(19)24-15-25-21)27-10-8-26(9-11-27)13-16-6-7-22-14-23-16/h4-7,12,14-15,18H,1-3,8-11,13H2. The van der Waals surface area contributed by atoms with Crippen LogP contribution >= 0.6 is 0 Å². The maximum absolute atomic E-state index is 6.10. The van der Waals surface area contributed by atoms with Crippen molar-refractivity contribution < 1.29 is 4.74 Å². The minimum absolute atomic E-state index is 0.312. The maximum atomic E-state index is 6.10. The number of rotatable bonds is 5. The van der Waals surface area contributed by atoms with Crippen molar-refractivity contribution in [1.82, 2.24) is 24.8 Å². The lowest BCUT2D eigenvalue weighted by Gasteiger charge is -2.36. The van der Waals surface area contributed by atoms with Crippen LogP contribution in [0.3, 0.4) is 0 Å². The number of ether oxygens (including phenoxy) is 1. The topological polar surface area (TPSA) is 67.3 Å². The number of piperazine rings is 1. The highest BCUT2D eigenvalue weighted by atomic mass is 16.5. The minimum atomic E-state index is 0.312. The maximum Gasteiger partial charge on any atom is 0.224 e.